The van der Waals surface area contributed by atoms with E-state index in [1.807, 2.05) is 12.1 Å². The maximum Gasteiger partial charge on any atom is 0.265 e. The van der Waals surface area contributed by atoms with Crippen LogP contribution >= 0.6 is 0 Å². The first-order chi connectivity index (χ1) is 14.5. The van der Waals surface area contributed by atoms with Gasteiger partial charge in [-0.2, -0.15) is 0 Å². The number of carbonyl (C=O) groups is 3. The van der Waals surface area contributed by atoms with Crippen molar-refractivity contribution in [2.75, 3.05) is 11.5 Å². The lowest BCUT2D eigenvalue weighted by Gasteiger charge is -2.30. The third kappa shape index (κ3) is 4.37. The van der Waals surface area contributed by atoms with Gasteiger partial charge in [0, 0.05) is 17.2 Å². The third-order valence-electron chi connectivity index (χ3n) is 5.81. The number of Topliss-reactive ketones (excluding diaryl/α,β-unsaturated/α-hetero) is 1. The van der Waals surface area contributed by atoms with Crippen molar-refractivity contribution in [1.29, 1.82) is 0 Å². The summed E-state index contributed by atoms with van der Waals surface area (Å²) in [7, 11) is 0. The van der Waals surface area contributed by atoms with E-state index in [4.69, 9.17) is 4.74 Å². The van der Waals surface area contributed by atoms with Crippen molar-refractivity contribution in [3.05, 3.63) is 59.2 Å². The van der Waals surface area contributed by atoms with E-state index >= 15 is 0 Å². The van der Waals surface area contributed by atoms with Crippen LogP contribution in [0.4, 0.5) is 5.69 Å². The molecule has 4 rings (SSSR count). The van der Waals surface area contributed by atoms with E-state index in [0.29, 0.717) is 29.1 Å². The van der Waals surface area contributed by atoms with Crippen molar-refractivity contribution in [3.63, 3.8) is 0 Å². The van der Waals surface area contributed by atoms with Crippen molar-refractivity contribution in [2.45, 2.75) is 51.6 Å². The van der Waals surface area contributed by atoms with Gasteiger partial charge in [-0.05, 0) is 55.7 Å². The summed E-state index contributed by atoms with van der Waals surface area (Å²) < 4.78 is 5.51. The van der Waals surface area contributed by atoms with Crippen LogP contribution in [0.25, 0.3) is 0 Å². The molecule has 1 N–H and O–H groups in total. The number of ether oxygens (including phenoxy) is 1. The van der Waals surface area contributed by atoms with Gasteiger partial charge in [0.1, 0.15) is 5.75 Å². The van der Waals surface area contributed by atoms with Crippen molar-refractivity contribution < 1.29 is 19.1 Å². The van der Waals surface area contributed by atoms with Gasteiger partial charge in [-0.1, -0.05) is 31.4 Å². The predicted molar refractivity (Wildman–Crippen MR) is 114 cm³/mol. The lowest BCUT2D eigenvalue weighted by atomic mass is 9.95. The van der Waals surface area contributed by atoms with Crippen LogP contribution < -0.4 is 15.0 Å². The molecule has 1 heterocycles. The summed E-state index contributed by atoms with van der Waals surface area (Å²) in [4.78, 5) is 38.4. The number of amides is 2. The first-order valence-corrected chi connectivity index (χ1v) is 10.5. The van der Waals surface area contributed by atoms with Crippen LogP contribution in [0.2, 0.25) is 0 Å². The molecule has 156 valence electrons. The smallest absolute Gasteiger partial charge is 0.265 e. The SMILES string of the molecule is CC(=O)c1ccc2c(c1)N(Cc1ccc(C(=O)NC3CCCCC3)cc1)C(=O)CO2. The topological polar surface area (TPSA) is 75.7 Å². The summed E-state index contributed by atoms with van der Waals surface area (Å²) in [5, 5.41) is 3.12. The summed E-state index contributed by atoms with van der Waals surface area (Å²) in [5.74, 6) is 0.307. The van der Waals surface area contributed by atoms with Crippen LogP contribution in [0, 0.1) is 0 Å². The quantitative estimate of drug-likeness (QED) is 0.765. The molecule has 0 saturated heterocycles. The van der Waals surface area contributed by atoms with E-state index in [9.17, 15) is 14.4 Å². The number of ketones is 1. The monoisotopic (exact) mass is 406 g/mol. The number of fused-ring (bicyclic) bond motifs is 1. The molecule has 2 amide bonds. The van der Waals surface area contributed by atoms with Gasteiger partial charge in [-0.3, -0.25) is 14.4 Å². The predicted octanol–water partition coefficient (Wildman–Crippen LogP) is 3.88. The molecule has 0 radical (unpaired) electrons. The second-order valence-corrected chi connectivity index (χ2v) is 8.01. The van der Waals surface area contributed by atoms with Gasteiger partial charge >= 0.3 is 0 Å². The minimum atomic E-state index is -0.165. The molecule has 0 unspecified atom stereocenters. The van der Waals surface area contributed by atoms with Crippen LogP contribution in [-0.2, 0) is 11.3 Å². The number of anilines is 1. The van der Waals surface area contributed by atoms with Gasteiger partial charge in [0.05, 0.1) is 12.2 Å². The molecule has 0 bridgehead atoms. The summed E-state index contributed by atoms with van der Waals surface area (Å²) in [6.07, 6.45) is 5.68. The number of hydrogen-bond acceptors (Lipinski definition) is 4. The number of carbonyl (C=O) groups excluding carboxylic acids is 3. The summed E-state index contributed by atoms with van der Waals surface area (Å²) in [6, 6.07) is 12.7. The number of hydrogen-bond donors (Lipinski definition) is 1. The lowest BCUT2D eigenvalue weighted by Crippen LogP contribution is -2.38. The first-order valence-electron chi connectivity index (χ1n) is 10.5. The zero-order chi connectivity index (χ0) is 21.1. The zero-order valence-corrected chi connectivity index (χ0v) is 17.1. The standard InChI is InChI=1S/C24H26N2O4/c1-16(27)19-11-12-22-21(13-19)26(23(28)15-30-22)14-17-7-9-18(10-8-17)24(29)25-20-5-3-2-4-6-20/h7-13,20H,2-6,14-15H2,1H3,(H,25,29). The molecule has 0 spiro atoms. The van der Waals surface area contributed by atoms with Gasteiger partial charge in [-0.15, -0.1) is 0 Å². The molecule has 2 aliphatic rings. The Morgan fingerprint density at radius 2 is 1.73 bits per heavy atom. The van der Waals surface area contributed by atoms with E-state index in [-0.39, 0.29) is 30.2 Å². The van der Waals surface area contributed by atoms with Crippen molar-refractivity contribution >= 4 is 23.3 Å². The van der Waals surface area contributed by atoms with Gasteiger partial charge in [0.2, 0.25) is 0 Å². The lowest BCUT2D eigenvalue weighted by molar-refractivity contribution is -0.121. The second-order valence-electron chi connectivity index (χ2n) is 8.01. The Morgan fingerprint density at radius 3 is 2.43 bits per heavy atom. The van der Waals surface area contributed by atoms with E-state index in [1.165, 1.54) is 26.2 Å². The molecule has 2 aromatic rings. The van der Waals surface area contributed by atoms with Crippen LogP contribution in [-0.4, -0.2) is 30.2 Å². The maximum absolute atomic E-state index is 12.5. The highest BCUT2D eigenvalue weighted by Gasteiger charge is 2.26. The zero-order valence-electron chi connectivity index (χ0n) is 17.1. The third-order valence-corrected chi connectivity index (χ3v) is 5.81. The molecule has 30 heavy (non-hydrogen) atoms. The fourth-order valence-corrected chi connectivity index (χ4v) is 4.05. The Bertz CT molecular complexity index is 962. The fourth-order valence-electron chi connectivity index (χ4n) is 4.05. The van der Waals surface area contributed by atoms with Gasteiger partial charge in [0.15, 0.2) is 12.4 Å². The molecule has 1 aliphatic heterocycles. The number of benzene rings is 2. The number of rotatable bonds is 5. The average molecular weight is 406 g/mol. The van der Waals surface area contributed by atoms with E-state index in [2.05, 4.69) is 5.32 Å². The van der Waals surface area contributed by atoms with Crippen LogP contribution in [0.5, 0.6) is 5.75 Å². The minimum Gasteiger partial charge on any atom is -0.482 e. The number of nitrogens with zero attached hydrogens (tertiary/aromatic N) is 1. The van der Waals surface area contributed by atoms with Gasteiger partial charge in [0.25, 0.3) is 11.8 Å². The molecule has 2 aromatic carbocycles. The van der Waals surface area contributed by atoms with Crippen LogP contribution in [0.3, 0.4) is 0 Å². The summed E-state index contributed by atoms with van der Waals surface area (Å²) in [6.45, 7) is 1.81. The summed E-state index contributed by atoms with van der Waals surface area (Å²) >= 11 is 0. The van der Waals surface area contributed by atoms with E-state index in [1.54, 1.807) is 35.2 Å². The normalized spacial score (nSPS) is 16.6. The minimum absolute atomic E-state index is 0.0334. The highest BCUT2D eigenvalue weighted by Crippen LogP contribution is 2.34. The van der Waals surface area contributed by atoms with E-state index in [0.717, 1.165) is 18.4 Å². The Hall–Kier alpha value is -3.15. The molecular formula is C24H26N2O4. The highest BCUT2D eigenvalue weighted by atomic mass is 16.5. The molecule has 1 fully saturated rings. The molecule has 6 nitrogen and oxygen atoms in total. The molecule has 1 saturated carbocycles. The largest absolute Gasteiger partial charge is 0.482 e. The highest BCUT2D eigenvalue weighted by molar-refractivity contribution is 6.01. The Morgan fingerprint density at radius 1 is 1.03 bits per heavy atom. The molecule has 0 aromatic heterocycles. The molecule has 6 heteroatoms. The average Bonchev–Trinajstić information content (AvgIpc) is 2.76. The maximum atomic E-state index is 12.5. The van der Waals surface area contributed by atoms with Crippen molar-refractivity contribution in [1.82, 2.24) is 5.32 Å². The molecule has 0 atom stereocenters. The van der Waals surface area contributed by atoms with Crippen LogP contribution in [0.15, 0.2) is 42.5 Å². The second kappa shape index (κ2) is 8.69. The van der Waals surface area contributed by atoms with Gasteiger partial charge in [-0.25, -0.2) is 0 Å². The van der Waals surface area contributed by atoms with Crippen molar-refractivity contribution in [3.8, 4) is 5.75 Å². The molecular weight excluding hydrogens is 380 g/mol. The van der Waals surface area contributed by atoms with E-state index < -0.39 is 0 Å². The van der Waals surface area contributed by atoms with Gasteiger partial charge < -0.3 is 15.0 Å². The Kier molecular flexibility index (Phi) is 5.84. The van der Waals surface area contributed by atoms with Crippen LogP contribution in [0.1, 0.15) is 65.3 Å². The van der Waals surface area contributed by atoms with Crippen molar-refractivity contribution in [2.24, 2.45) is 0 Å². The molecule has 1 aliphatic carbocycles. The fraction of sp³-hybridized carbons (Fsp3) is 0.375. The Balaban J connectivity index is 1.48. The summed E-state index contributed by atoms with van der Waals surface area (Å²) in [5.41, 5.74) is 2.65. The first kappa shape index (κ1) is 20.1. The Labute approximate surface area is 176 Å². The number of nitrogens with one attached hydrogen (secondary N) is 1.